The van der Waals surface area contributed by atoms with Crippen molar-refractivity contribution >= 4 is 5.82 Å². The first-order valence-corrected chi connectivity index (χ1v) is 9.26. The molecule has 2 aromatic heterocycles. The zero-order valence-corrected chi connectivity index (χ0v) is 15.3. The number of aromatic amines is 2. The van der Waals surface area contributed by atoms with Crippen LogP contribution in [0.5, 0.6) is 0 Å². The minimum atomic E-state index is -4.32. The van der Waals surface area contributed by atoms with Crippen molar-refractivity contribution in [2.24, 2.45) is 0 Å². The molecule has 0 unspecified atom stereocenters. The molecular formula is C20H22F3N5+2. The number of hydrogen-bond donors (Lipinski definition) is 2. The standard InChI is InChI=1S/C20H20F3N5/c21-20(22,23)17-6-7-18(24-13-17)28-10-8-27(9-11-28)14-16-12-25-26-19(16)15-4-2-1-3-5-15/h1-7,12-13H,8-11,14H2,(H,25,26)/p+2. The third kappa shape index (κ3) is 4.01. The number of alkyl halides is 3. The Labute approximate surface area is 160 Å². The molecule has 1 aliphatic heterocycles. The fraction of sp³-hybridized carbons (Fsp3) is 0.300. The molecule has 146 valence electrons. The SMILES string of the molecule is FC(F)(F)c1ccc(N2CC[NH+](Cc3cn[nH]c3-c3ccccc3)CC2)[nH+]c1. The number of quaternary nitrogens is 1. The maximum Gasteiger partial charge on any atom is 0.419 e. The Kier molecular flexibility index (Phi) is 5.04. The van der Waals surface area contributed by atoms with Crippen LogP contribution in [-0.2, 0) is 12.7 Å². The third-order valence-corrected chi connectivity index (χ3v) is 5.16. The van der Waals surface area contributed by atoms with Crippen molar-refractivity contribution in [3.8, 4) is 11.3 Å². The van der Waals surface area contributed by atoms with Gasteiger partial charge in [-0.05, 0) is 6.07 Å². The minimum absolute atomic E-state index is 0.658. The lowest BCUT2D eigenvalue weighted by atomic mass is 10.1. The summed E-state index contributed by atoms with van der Waals surface area (Å²) in [5.74, 6) is 0.723. The highest BCUT2D eigenvalue weighted by Gasteiger charge is 2.33. The summed E-state index contributed by atoms with van der Waals surface area (Å²) < 4.78 is 38.1. The molecular weight excluding hydrogens is 367 g/mol. The molecule has 0 atom stereocenters. The minimum Gasteiger partial charge on any atom is -0.325 e. The van der Waals surface area contributed by atoms with Crippen molar-refractivity contribution < 1.29 is 23.1 Å². The van der Waals surface area contributed by atoms with Gasteiger partial charge >= 0.3 is 6.18 Å². The summed E-state index contributed by atoms with van der Waals surface area (Å²) in [5, 5.41) is 7.30. The predicted molar refractivity (Wildman–Crippen MR) is 98.6 cm³/mol. The van der Waals surface area contributed by atoms with Crippen molar-refractivity contribution in [2.75, 3.05) is 31.1 Å². The molecule has 1 saturated heterocycles. The van der Waals surface area contributed by atoms with Crippen molar-refractivity contribution in [3.05, 3.63) is 66.0 Å². The van der Waals surface area contributed by atoms with E-state index in [1.165, 1.54) is 16.5 Å². The highest BCUT2D eigenvalue weighted by Crippen LogP contribution is 2.28. The number of benzene rings is 1. The van der Waals surface area contributed by atoms with Gasteiger partial charge in [-0.15, -0.1) is 0 Å². The van der Waals surface area contributed by atoms with Crippen LogP contribution in [0.2, 0.25) is 0 Å². The summed E-state index contributed by atoms with van der Waals surface area (Å²) in [4.78, 5) is 6.31. The molecule has 4 rings (SSSR count). The molecule has 0 aliphatic carbocycles. The van der Waals surface area contributed by atoms with Gasteiger partial charge < -0.3 is 4.90 Å². The molecule has 0 saturated carbocycles. The van der Waals surface area contributed by atoms with Crippen LogP contribution < -0.4 is 14.8 Å². The molecule has 8 heteroatoms. The Morgan fingerprint density at radius 3 is 2.46 bits per heavy atom. The molecule has 1 fully saturated rings. The van der Waals surface area contributed by atoms with E-state index in [1.54, 1.807) is 0 Å². The van der Waals surface area contributed by atoms with Gasteiger partial charge in [-0.25, -0.2) is 4.98 Å². The van der Waals surface area contributed by atoms with Gasteiger partial charge in [0.15, 0.2) is 0 Å². The van der Waals surface area contributed by atoms with Crippen LogP contribution in [0.4, 0.5) is 19.0 Å². The molecule has 3 heterocycles. The molecule has 1 aromatic carbocycles. The summed E-state index contributed by atoms with van der Waals surface area (Å²) in [5.41, 5.74) is 2.68. The first-order chi connectivity index (χ1) is 13.5. The Hall–Kier alpha value is -2.87. The van der Waals surface area contributed by atoms with E-state index in [0.29, 0.717) is 0 Å². The average molecular weight is 389 g/mol. The largest absolute Gasteiger partial charge is 0.419 e. The molecule has 3 aromatic rings. The van der Waals surface area contributed by atoms with Gasteiger partial charge in [-0.2, -0.15) is 18.3 Å². The van der Waals surface area contributed by atoms with E-state index < -0.39 is 11.7 Å². The summed E-state index contributed by atoms with van der Waals surface area (Å²) >= 11 is 0. The van der Waals surface area contributed by atoms with Crippen LogP contribution in [0.15, 0.2) is 54.9 Å². The maximum atomic E-state index is 12.7. The summed E-state index contributed by atoms with van der Waals surface area (Å²) in [7, 11) is 0. The van der Waals surface area contributed by atoms with Crippen LogP contribution in [0.1, 0.15) is 11.1 Å². The molecule has 3 N–H and O–H groups in total. The third-order valence-electron chi connectivity index (χ3n) is 5.16. The lowest BCUT2D eigenvalue weighted by molar-refractivity contribution is -0.914. The van der Waals surface area contributed by atoms with E-state index >= 15 is 0 Å². The van der Waals surface area contributed by atoms with E-state index in [1.807, 2.05) is 24.4 Å². The first-order valence-electron chi connectivity index (χ1n) is 9.26. The monoisotopic (exact) mass is 389 g/mol. The number of nitrogens with one attached hydrogen (secondary N) is 3. The van der Waals surface area contributed by atoms with Gasteiger partial charge in [-0.3, -0.25) is 10.00 Å². The zero-order valence-electron chi connectivity index (χ0n) is 15.3. The van der Waals surface area contributed by atoms with Crippen molar-refractivity contribution in [2.45, 2.75) is 12.7 Å². The van der Waals surface area contributed by atoms with Gasteiger partial charge in [0.2, 0.25) is 0 Å². The number of nitrogens with zero attached hydrogens (tertiary/aromatic N) is 2. The highest BCUT2D eigenvalue weighted by atomic mass is 19.4. The number of pyridine rings is 1. The second kappa shape index (κ2) is 7.63. The van der Waals surface area contributed by atoms with Crippen molar-refractivity contribution in [1.82, 2.24) is 10.2 Å². The Morgan fingerprint density at radius 2 is 1.82 bits per heavy atom. The van der Waals surface area contributed by atoms with Crippen molar-refractivity contribution in [3.63, 3.8) is 0 Å². The van der Waals surface area contributed by atoms with Gasteiger partial charge in [0.25, 0.3) is 5.82 Å². The Bertz CT molecular complexity index is 898. The van der Waals surface area contributed by atoms with Crippen LogP contribution in [0.3, 0.4) is 0 Å². The molecule has 28 heavy (non-hydrogen) atoms. The van der Waals surface area contributed by atoms with Gasteiger partial charge in [-0.1, -0.05) is 30.3 Å². The number of rotatable bonds is 4. The number of aromatic nitrogens is 3. The fourth-order valence-electron chi connectivity index (χ4n) is 3.60. The molecule has 5 nitrogen and oxygen atoms in total. The number of halogens is 3. The summed E-state index contributed by atoms with van der Waals surface area (Å²) in [6.07, 6.45) is -1.41. The molecule has 0 amide bonds. The van der Waals surface area contributed by atoms with E-state index in [4.69, 9.17) is 0 Å². The normalized spacial score (nSPS) is 15.8. The quantitative estimate of drug-likeness (QED) is 0.715. The Morgan fingerprint density at radius 1 is 1.07 bits per heavy atom. The van der Waals surface area contributed by atoms with Gasteiger partial charge in [0.05, 0.1) is 23.0 Å². The fourth-order valence-corrected chi connectivity index (χ4v) is 3.60. The van der Waals surface area contributed by atoms with E-state index in [2.05, 4.69) is 32.2 Å². The zero-order chi connectivity index (χ0) is 19.6. The molecule has 0 bridgehead atoms. The summed E-state index contributed by atoms with van der Waals surface area (Å²) in [6.45, 7) is 4.26. The van der Waals surface area contributed by atoms with Gasteiger partial charge in [0.1, 0.15) is 38.9 Å². The van der Waals surface area contributed by atoms with Crippen LogP contribution in [0, 0.1) is 0 Å². The average Bonchev–Trinajstić information content (AvgIpc) is 3.17. The maximum absolute atomic E-state index is 12.7. The number of piperazine rings is 1. The molecule has 0 spiro atoms. The van der Waals surface area contributed by atoms with E-state index in [9.17, 15) is 13.2 Å². The smallest absolute Gasteiger partial charge is 0.325 e. The lowest BCUT2D eigenvalue weighted by Gasteiger charge is -2.28. The van der Waals surface area contributed by atoms with Crippen LogP contribution in [-0.4, -0.2) is 36.4 Å². The van der Waals surface area contributed by atoms with E-state index in [-0.39, 0.29) is 0 Å². The van der Waals surface area contributed by atoms with Crippen LogP contribution in [0.25, 0.3) is 11.3 Å². The molecule has 1 aliphatic rings. The molecule has 0 radical (unpaired) electrons. The van der Waals surface area contributed by atoms with E-state index in [0.717, 1.165) is 62.1 Å². The first kappa shape index (κ1) is 18.5. The second-order valence-electron chi connectivity index (χ2n) is 7.01. The van der Waals surface area contributed by atoms with Crippen LogP contribution >= 0.6 is 0 Å². The highest BCUT2D eigenvalue weighted by molar-refractivity contribution is 5.62. The predicted octanol–water partition coefficient (Wildman–Crippen LogP) is 1.81. The number of H-pyrrole nitrogens is 2. The summed E-state index contributed by atoms with van der Waals surface area (Å²) in [6, 6.07) is 12.8. The topological polar surface area (TPSA) is 50.5 Å². The number of anilines is 1. The van der Waals surface area contributed by atoms with Crippen molar-refractivity contribution in [1.29, 1.82) is 0 Å². The second-order valence-corrected chi connectivity index (χ2v) is 7.01. The van der Waals surface area contributed by atoms with Gasteiger partial charge in [0, 0.05) is 11.6 Å². The lowest BCUT2D eigenvalue weighted by Crippen LogP contribution is -3.13. The number of hydrogen-bond acceptors (Lipinski definition) is 2. The Balaban J connectivity index is 1.37.